The number of carbonyl (C=O) groups is 2. The van der Waals surface area contributed by atoms with Crippen LogP contribution in [0.3, 0.4) is 0 Å². The van der Waals surface area contributed by atoms with Gasteiger partial charge in [0, 0.05) is 68.3 Å². The first-order valence-electron chi connectivity index (χ1n) is 11.7. The summed E-state index contributed by atoms with van der Waals surface area (Å²) in [7, 11) is 0. The van der Waals surface area contributed by atoms with E-state index in [1.54, 1.807) is 29.5 Å². The van der Waals surface area contributed by atoms with Crippen molar-refractivity contribution in [3.8, 4) is 0 Å². The third-order valence-corrected chi connectivity index (χ3v) is 7.58. The number of carbonyl (C=O) groups excluding carboxylic acids is 2. The Kier molecular flexibility index (Phi) is 7.15. The molecule has 5 rings (SSSR count). The number of oxime groups is 1. The minimum Gasteiger partial charge on any atom is -0.341 e. The van der Waals surface area contributed by atoms with E-state index in [1.165, 1.54) is 6.92 Å². The lowest BCUT2D eigenvalue weighted by atomic mass is 9.99. The van der Waals surface area contributed by atoms with Crippen molar-refractivity contribution in [1.29, 1.82) is 0 Å². The van der Waals surface area contributed by atoms with Crippen LogP contribution in [0.2, 0.25) is 10.0 Å². The molecular weight excluding hydrogens is 527 g/mol. The molecule has 0 aliphatic carbocycles. The molecule has 0 aliphatic heterocycles. The quantitative estimate of drug-likeness (QED) is 0.0897. The van der Waals surface area contributed by atoms with E-state index >= 15 is 0 Å². The predicted molar refractivity (Wildman–Crippen MR) is 151 cm³/mol. The van der Waals surface area contributed by atoms with Gasteiger partial charge in [-0.1, -0.05) is 40.5 Å². The normalized spacial score (nSPS) is 11.8. The van der Waals surface area contributed by atoms with Crippen molar-refractivity contribution in [3.05, 3.63) is 104 Å². The molecule has 0 aliphatic rings. The molecule has 0 saturated carbocycles. The second-order valence-electron chi connectivity index (χ2n) is 8.54. The Balaban J connectivity index is 1.65. The summed E-state index contributed by atoms with van der Waals surface area (Å²) in [5.74, 6) is -0.650. The van der Waals surface area contributed by atoms with Gasteiger partial charge in [0.15, 0.2) is 5.78 Å². The molecule has 0 N–H and O–H groups in total. The summed E-state index contributed by atoms with van der Waals surface area (Å²) < 4.78 is 2.21. The highest BCUT2D eigenvalue weighted by atomic mass is 35.5. The highest BCUT2D eigenvalue weighted by Crippen LogP contribution is 2.32. The number of aryl methyl sites for hydroxylation is 1. The van der Waals surface area contributed by atoms with Crippen LogP contribution < -0.4 is 0 Å². The van der Waals surface area contributed by atoms with Crippen molar-refractivity contribution in [2.24, 2.45) is 5.16 Å². The Hall–Kier alpha value is -3.45. The summed E-state index contributed by atoms with van der Waals surface area (Å²) in [4.78, 5) is 31.0. The second kappa shape index (κ2) is 10.5. The van der Waals surface area contributed by atoms with Gasteiger partial charge in [0.1, 0.15) is 0 Å². The molecular formula is C29H22Cl2N2O3S. The van der Waals surface area contributed by atoms with Gasteiger partial charge in [-0.05, 0) is 66.9 Å². The SMILES string of the molecule is CCn1c2ccc(C(=O)c3ccc(Cl)cc3Cl)cc2c2cc(/C(Cc3cccs3)=N/OC(C)=O)ccc21. The van der Waals surface area contributed by atoms with Crippen molar-refractivity contribution in [3.63, 3.8) is 0 Å². The standard InChI is InChI=1S/C29H22Cl2N2O3S/c1-3-33-27-10-6-18(26(32-36-17(2)34)16-21-5-4-12-37-21)13-23(27)24-14-19(7-11-28(24)33)29(35)22-9-8-20(30)15-25(22)31/h4-15H,3,16H2,1-2H3/b32-26+. The van der Waals surface area contributed by atoms with Gasteiger partial charge in [-0.15, -0.1) is 11.3 Å². The number of ketones is 1. The van der Waals surface area contributed by atoms with Gasteiger partial charge in [-0.2, -0.15) is 0 Å². The van der Waals surface area contributed by atoms with Gasteiger partial charge in [-0.3, -0.25) is 4.79 Å². The molecule has 2 aromatic heterocycles. The zero-order valence-corrected chi connectivity index (χ0v) is 22.5. The molecule has 37 heavy (non-hydrogen) atoms. The number of rotatable bonds is 7. The number of halogens is 2. The first-order valence-corrected chi connectivity index (χ1v) is 13.3. The Labute approximate surface area is 227 Å². The summed E-state index contributed by atoms with van der Waals surface area (Å²) in [6, 6.07) is 20.7. The van der Waals surface area contributed by atoms with E-state index in [1.807, 2.05) is 53.9 Å². The van der Waals surface area contributed by atoms with Crippen LogP contribution in [0.1, 0.15) is 40.2 Å². The van der Waals surface area contributed by atoms with E-state index in [0.717, 1.165) is 38.8 Å². The first kappa shape index (κ1) is 25.2. The Morgan fingerprint density at radius 2 is 1.65 bits per heavy atom. The van der Waals surface area contributed by atoms with Gasteiger partial charge in [-0.25, -0.2) is 4.79 Å². The van der Waals surface area contributed by atoms with Crippen molar-refractivity contribution < 1.29 is 14.4 Å². The van der Waals surface area contributed by atoms with E-state index in [0.29, 0.717) is 33.3 Å². The molecule has 0 spiro atoms. The zero-order chi connectivity index (χ0) is 26.1. The molecule has 2 heterocycles. The van der Waals surface area contributed by atoms with Crippen LogP contribution in [-0.4, -0.2) is 22.0 Å². The lowest BCUT2D eigenvalue weighted by molar-refractivity contribution is -0.140. The fraction of sp³-hybridized carbons (Fsp3) is 0.138. The molecule has 0 bridgehead atoms. The fourth-order valence-electron chi connectivity index (χ4n) is 4.48. The molecule has 0 amide bonds. The minimum atomic E-state index is -0.476. The molecule has 0 atom stereocenters. The van der Waals surface area contributed by atoms with Gasteiger partial charge < -0.3 is 9.40 Å². The molecule has 5 aromatic rings. The molecule has 0 radical (unpaired) electrons. The largest absolute Gasteiger partial charge is 0.341 e. The number of nitrogens with zero attached hydrogens (tertiary/aromatic N) is 2. The molecule has 186 valence electrons. The number of hydrogen-bond donors (Lipinski definition) is 0. The average Bonchev–Trinajstić information content (AvgIpc) is 3.51. The lowest BCUT2D eigenvalue weighted by Crippen LogP contribution is -2.07. The third kappa shape index (κ3) is 5.05. The maximum Gasteiger partial charge on any atom is 0.331 e. The Morgan fingerprint density at radius 3 is 2.27 bits per heavy atom. The third-order valence-electron chi connectivity index (χ3n) is 6.16. The number of benzene rings is 3. The summed E-state index contributed by atoms with van der Waals surface area (Å²) in [6.45, 7) is 4.18. The second-order valence-corrected chi connectivity index (χ2v) is 10.4. The van der Waals surface area contributed by atoms with E-state index in [-0.39, 0.29) is 5.78 Å². The van der Waals surface area contributed by atoms with Gasteiger partial charge in [0.05, 0.1) is 10.7 Å². The van der Waals surface area contributed by atoms with E-state index in [9.17, 15) is 9.59 Å². The van der Waals surface area contributed by atoms with Crippen molar-refractivity contribution in [2.45, 2.75) is 26.8 Å². The topological polar surface area (TPSA) is 60.7 Å². The Bertz CT molecular complexity index is 1690. The highest BCUT2D eigenvalue weighted by Gasteiger charge is 2.18. The molecule has 0 saturated heterocycles. The predicted octanol–water partition coefficient (Wildman–Crippen LogP) is 7.92. The molecule has 8 heteroatoms. The smallest absolute Gasteiger partial charge is 0.331 e. The number of hydrogen-bond acceptors (Lipinski definition) is 5. The monoisotopic (exact) mass is 548 g/mol. The summed E-state index contributed by atoms with van der Waals surface area (Å²) in [5.41, 5.74) is 4.48. The number of fused-ring (bicyclic) bond motifs is 3. The molecule has 0 unspecified atom stereocenters. The number of aromatic nitrogens is 1. The summed E-state index contributed by atoms with van der Waals surface area (Å²) in [5, 5.41) is 8.89. The van der Waals surface area contributed by atoms with Crippen LogP contribution >= 0.6 is 34.5 Å². The van der Waals surface area contributed by atoms with Crippen LogP contribution in [-0.2, 0) is 22.6 Å². The molecule has 5 nitrogen and oxygen atoms in total. The Morgan fingerprint density at radius 1 is 0.946 bits per heavy atom. The van der Waals surface area contributed by atoms with Gasteiger partial charge >= 0.3 is 5.97 Å². The highest BCUT2D eigenvalue weighted by molar-refractivity contribution is 7.10. The minimum absolute atomic E-state index is 0.174. The van der Waals surface area contributed by atoms with Crippen molar-refractivity contribution in [2.75, 3.05) is 0 Å². The van der Waals surface area contributed by atoms with Crippen molar-refractivity contribution in [1.82, 2.24) is 4.57 Å². The lowest BCUT2D eigenvalue weighted by Gasteiger charge is -2.07. The first-order chi connectivity index (χ1) is 17.9. The summed E-state index contributed by atoms with van der Waals surface area (Å²) >= 11 is 14.0. The van der Waals surface area contributed by atoms with Crippen LogP contribution in [0.15, 0.2) is 77.3 Å². The van der Waals surface area contributed by atoms with E-state index in [2.05, 4.69) is 16.6 Å². The maximum absolute atomic E-state index is 13.3. The van der Waals surface area contributed by atoms with Crippen LogP contribution in [0.4, 0.5) is 0 Å². The summed E-state index contributed by atoms with van der Waals surface area (Å²) in [6.07, 6.45) is 0.529. The average molecular weight is 549 g/mol. The van der Waals surface area contributed by atoms with E-state index < -0.39 is 5.97 Å². The fourth-order valence-corrected chi connectivity index (χ4v) is 5.68. The van der Waals surface area contributed by atoms with E-state index in [4.69, 9.17) is 28.0 Å². The number of thiophene rings is 1. The van der Waals surface area contributed by atoms with Gasteiger partial charge in [0.25, 0.3) is 0 Å². The maximum atomic E-state index is 13.3. The molecule has 0 fully saturated rings. The van der Waals surface area contributed by atoms with Crippen molar-refractivity contribution >= 4 is 73.8 Å². The van der Waals surface area contributed by atoms with Gasteiger partial charge in [0.2, 0.25) is 0 Å². The van der Waals surface area contributed by atoms with Crippen LogP contribution in [0.25, 0.3) is 21.8 Å². The van der Waals surface area contributed by atoms with Crippen LogP contribution in [0, 0.1) is 0 Å². The van der Waals surface area contributed by atoms with Crippen LogP contribution in [0.5, 0.6) is 0 Å². The molecule has 3 aromatic carbocycles. The zero-order valence-electron chi connectivity index (χ0n) is 20.1.